The van der Waals surface area contributed by atoms with Gasteiger partial charge in [-0.1, -0.05) is 12.1 Å². The Morgan fingerprint density at radius 2 is 1.95 bits per heavy atom. The number of methoxy groups -OCH3 is 1. The van der Waals surface area contributed by atoms with E-state index in [1.165, 1.54) is 7.11 Å². The third kappa shape index (κ3) is 6.23. The lowest BCUT2D eigenvalue weighted by molar-refractivity contribution is -0.118. The van der Waals surface area contributed by atoms with E-state index in [1.807, 2.05) is 39.0 Å². The van der Waals surface area contributed by atoms with Crippen molar-refractivity contribution in [2.24, 2.45) is 5.73 Å². The zero-order chi connectivity index (χ0) is 14.5. The number of benzene rings is 1. The summed E-state index contributed by atoms with van der Waals surface area (Å²) < 4.78 is 10.6. The van der Waals surface area contributed by atoms with Crippen molar-refractivity contribution in [3.8, 4) is 5.75 Å². The summed E-state index contributed by atoms with van der Waals surface area (Å²) in [4.78, 5) is 11.8. The SMILES string of the molecule is COCC(N)C(=O)Nc1ccccc1OC(C)(C)C.Cl. The number of carbonyl (C=O) groups excluding carboxylic acids is 1. The van der Waals surface area contributed by atoms with Gasteiger partial charge in [-0.2, -0.15) is 0 Å². The predicted molar refractivity (Wildman–Crippen MR) is 82.6 cm³/mol. The van der Waals surface area contributed by atoms with Gasteiger partial charge in [0.1, 0.15) is 17.4 Å². The Morgan fingerprint density at radius 1 is 1.35 bits per heavy atom. The average Bonchev–Trinajstić information content (AvgIpc) is 2.30. The maximum atomic E-state index is 11.8. The molecule has 0 spiro atoms. The number of rotatable bonds is 5. The van der Waals surface area contributed by atoms with Crippen molar-refractivity contribution in [3.63, 3.8) is 0 Å². The molecule has 0 aliphatic heterocycles. The Kier molecular flexibility index (Phi) is 7.57. The highest BCUT2D eigenvalue weighted by atomic mass is 35.5. The van der Waals surface area contributed by atoms with Crippen molar-refractivity contribution in [1.29, 1.82) is 0 Å². The van der Waals surface area contributed by atoms with Crippen molar-refractivity contribution in [1.82, 2.24) is 0 Å². The molecular formula is C14H23ClN2O3. The highest BCUT2D eigenvalue weighted by Gasteiger charge is 2.18. The molecule has 1 unspecified atom stereocenters. The van der Waals surface area contributed by atoms with Crippen LogP contribution in [0.5, 0.6) is 5.75 Å². The van der Waals surface area contributed by atoms with Crippen LogP contribution in [0.2, 0.25) is 0 Å². The van der Waals surface area contributed by atoms with Crippen molar-refractivity contribution in [2.75, 3.05) is 19.0 Å². The highest BCUT2D eigenvalue weighted by molar-refractivity contribution is 5.96. The minimum atomic E-state index is -0.701. The molecule has 0 bridgehead atoms. The van der Waals surface area contributed by atoms with Crippen LogP contribution in [0.25, 0.3) is 0 Å². The number of nitrogens with one attached hydrogen (secondary N) is 1. The van der Waals surface area contributed by atoms with Crippen molar-refractivity contribution in [3.05, 3.63) is 24.3 Å². The molecule has 20 heavy (non-hydrogen) atoms. The smallest absolute Gasteiger partial charge is 0.243 e. The van der Waals surface area contributed by atoms with E-state index >= 15 is 0 Å². The standard InChI is InChI=1S/C14H22N2O3.ClH/c1-14(2,3)19-12-8-6-5-7-11(12)16-13(17)10(15)9-18-4;/h5-8,10H,9,15H2,1-4H3,(H,16,17);1H. The van der Waals surface area contributed by atoms with Gasteiger partial charge in [0.25, 0.3) is 0 Å². The number of carbonyl (C=O) groups is 1. The summed E-state index contributed by atoms with van der Waals surface area (Å²) in [6.45, 7) is 6.01. The third-order valence-electron chi connectivity index (χ3n) is 2.24. The molecule has 6 heteroatoms. The Hall–Kier alpha value is -1.30. The third-order valence-corrected chi connectivity index (χ3v) is 2.24. The van der Waals surface area contributed by atoms with Crippen LogP contribution in [0.15, 0.2) is 24.3 Å². The zero-order valence-corrected chi connectivity index (χ0v) is 13.1. The van der Waals surface area contributed by atoms with Crippen molar-refractivity contribution < 1.29 is 14.3 Å². The quantitative estimate of drug-likeness (QED) is 0.874. The molecule has 114 valence electrons. The number of para-hydroxylation sites is 2. The van der Waals surface area contributed by atoms with Gasteiger partial charge in [-0.25, -0.2) is 0 Å². The van der Waals surface area contributed by atoms with Gasteiger partial charge < -0.3 is 20.5 Å². The minimum absolute atomic E-state index is 0. The first-order chi connectivity index (χ1) is 8.83. The van der Waals surface area contributed by atoms with Gasteiger partial charge in [-0.3, -0.25) is 4.79 Å². The Bertz CT molecular complexity index is 433. The Morgan fingerprint density at radius 3 is 2.50 bits per heavy atom. The van der Waals surface area contributed by atoms with E-state index in [9.17, 15) is 4.79 Å². The number of halogens is 1. The van der Waals surface area contributed by atoms with Crippen LogP contribution >= 0.6 is 12.4 Å². The van der Waals surface area contributed by atoms with E-state index < -0.39 is 6.04 Å². The largest absolute Gasteiger partial charge is 0.486 e. The first-order valence-electron chi connectivity index (χ1n) is 6.17. The molecule has 0 aliphatic carbocycles. The first-order valence-corrected chi connectivity index (χ1v) is 6.17. The summed E-state index contributed by atoms with van der Waals surface area (Å²) in [7, 11) is 1.50. The molecule has 1 rings (SSSR count). The maximum absolute atomic E-state index is 11.8. The monoisotopic (exact) mass is 302 g/mol. The summed E-state index contributed by atoms with van der Waals surface area (Å²) in [5.74, 6) is 0.319. The number of hydrogen-bond acceptors (Lipinski definition) is 4. The molecule has 1 aromatic rings. The fraction of sp³-hybridized carbons (Fsp3) is 0.500. The first kappa shape index (κ1) is 18.7. The van der Waals surface area contributed by atoms with Crippen LogP contribution in [0.1, 0.15) is 20.8 Å². The van der Waals surface area contributed by atoms with Gasteiger partial charge in [0.2, 0.25) is 5.91 Å². The Balaban J connectivity index is 0.00000361. The predicted octanol–water partition coefficient (Wildman–Crippen LogP) is 2.20. The molecule has 0 aliphatic rings. The lowest BCUT2D eigenvalue weighted by Gasteiger charge is -2.23. The van der Waals surface area contributed by atoms with Gasteiger partial charge in [0.05, 0.1) is 12.3 Å². The molecule has 0 heterocycles. The average molecular weight is 303 g/mol. The summed E-state index contributed by atoms with van der Waals surface area (Å²) in [5, 5.41) is 2.75. The topological polar surface area (TPSA) is 73.6 Å². The van der Waals surface area contributed by atoms with Gasteiger partial charge in [-0.05, 0) is 32.9 Å². The van der Waals surface area contributed by atoms with E-state index in [0.29, 0.717) is 11.4 Å². The molecule has 1 amide bonds. The second-order valence-corrected chi connectivity index (χ2v) is 5.26. The molecule has 3 N–H and O–H groups in total. The molecule has 1 atom stereocenters. The van der Waals surface area contributed by atoms with Crippen LogP contribution in [0.4, 0.5) is 5.69 Å². The number of hydrogen-bond donors (Lipinski definition) is 2. The zero-order valence-electron chi connectivity index (χ0n) is 12.3. The molecule has 0 aromatic heterocycles. The molecule has 0 radical (unpaired) electrons. The fourth-order valence-corrected chi connectivity index (χ4v) is 1.47. The maximum Gasteiger partial charge on any atom is 0.243 e. The molecule has 0 fully saturated rings. The van der Waals surface area contributed by atoms with E-state index in [1.54, 1.807) is 6.07 Å². The van der Waals surface area contributed by atoms with Gasteiger partial charge >= 0.3 is 0 Å². The molecule has 5 nitrogen and oxygen atoms in total. The lowest BCUT2D eigenvalue weighted by Crippen LogP contribution is -2.39. The number of nitrogens with two attached hydrogens (primary N) is 1. The van der Waals surface area contributed by atoms with Gasteiger partial charge in [0, 0.05) is 7.11 Å². The molecule has 0 saturated carbocycles. The summed E-state index contributed by atoms with van der Waals surface area (Å²) >= 11 is 0. The number of anilines is 1. The minimum Gasteiger partial charge on any atom is -0.486 e. The van der Waals surface area contributed by atoms with E-state index in [0.717, 1.165) is 0 Å². The highest BCUT2D eigenvalue weighted by Crippen LogP contribution is 2.27. The van der Waals surface area contributed by atoms with E-state index in [2.05, 4.69) is 5.32 Å². The molecule has 0 saturated heterocycles. The second kappa shape index (κ2) is 8.09. The summed E-state index contributed by atoms with van der Waals surface area (Å²) in [5.41, 5.74) is 5.94. The van der Waals surface area contributed by atoms with Crippen LogP contribution in [-0.2, 0) is 9.53 Å². The van der Waals surface area contributed by atoms with Crippen LogP contribution in [-0.4, -0.2) is 31.3 Å². The summed E-state index contributed by atoms with van der Waals surface area (Å²) in [6.07, 6.45) is 0. The van der Waals surface area contributed by atoms with Crippen LogP contribution in [0.3, 0.4) is 0 Å². The van der Waals surface area contributed by atoms with Gasteiger partial charge in [0.15, 0.2) is 0 Å². The number of amides is 1. The van der Waals surface area contributed by atoms with E-state index in [-0.39, 0.29) is 30.5 Å². The van der Waals surface area contributed by atoms with Crippen LogP contribution in [0, 0.1) is 0 Å². The van der Waals surface area contributed by atoms with Crippen molar-refractivity contribution in [2.45, 2.75) is 32.4 Å². The Labute approximate surface area is 126 Å². The van der Waals surface area contributed by atoms with Gasteiger partial charge in [-0.15, -0.1) is 12.4 Å². The van der Waals surface area contributed by atoms with Crippen LogP contribution < -0.4 is 15.8 Å². The van der Waals surface area contributed by atoms with Crippen molar-refractivity contribution >= 4 is 24.0 Å². The lowest BCUT2D eigenvalue weighted by atomic mass is 10.2. The van der Waals surface area contributed by atoms with E-state index in [4.69, 9.17) is 15.2 Å². The molecular weight excluding hydrogens is 280 g/mol. The normalized spacial score (nSPS) is 12.2. The molecule has 1 aromatic carbocycles. The summed E-state index contributed by atoms with van der Waals surface area (Å²) in [6, 6.07) is 6.56. The number of ether oxygens (including phenoxy) is 2. The second-order valence-electron chi connectivity index (χ2n) is 5.26. The fourth-order valence-electron chi connectivity index (χ4n) is 1.47.